The summed E-state index contributed by atoms with van der Waals surface area (Å²) in [5.41, 5.74) is 4.27. The second-order valence-corrected chi connectivity index (χ2v) is 6.65. The zero-order chi connectivity index (χ0) is 16.7. The molecule has 3 heterocycles. The third kappa shape index (κ3) is 2.85. The van der Waals surface area contributed by atoms with Gasteiger partial charge in [0.1, 0.15) is 12.1 Å². The molecule has 1 aliphatic heterocycles. The fourth-order valence-electron chi connectivity index (χ4n) is 3.13. The van der Waals surface area contributed by atoms with E-state index in [1.54, 1.807) is 6.26 Å². The van der Waals surface area contributed by atoms with Crippen molar-refractivity contribution in [3.05, 3.63) is 58.5 Å². The highest BCUT2D eigenvalue weighted by Crippen LogP contribution is 2.23. The van der Waals surface area contributed by atoms with Gasteiger partial charge >= 0.3 is 0 Å². The van der Waals surface area contributed by atoms with Gasteiger partial charge in [-0.3, -0.25) is 4.90 Å². The van der Waals surface area contributed by atoms with Crippen LogP contribution >= 0.6 is 11.6 Å². The Labute approximate surface area is 145 Å². The third-order valence-electron chi connectivity index (χ3n) is 4.57. The van der Waals surface area contributed by atoms with Crippen LogP contribution in [0.3, 0.4) is 0 Å². The van der Waals surface area contributed by atoms with E-state index in [4.69, 9.17) is 16.0 Å². The number of aromatic nitrogens is 3. The molecule has 124 valence electrons. The van der Waals surface area contributed by atoms with Crippen LogP contribution in [0, 0.1) is 13.8 Å². The summed E-state index contributed by atoms with van der Waals surface area (Å²) in [6, 6.07) is 7.52. The topological polar surface area (TPSA) is 47.1 Å². The van der Waals surface area contributed by atoms with Crippen LogP contribution in [0.2, 0.25) is 5.02 Å². The summed E-state index contributed by atoms with van der Waals surface area (Å²) in [7, 11) is 0. The zero-order valence-electron chi connectivity index (χ0n) is 13.8. The molecule has 0 N–H and O–H groups in total. The van der Waals surface area contributed by atoms with Crippen molar-refractivity contribution in [3.63, 3.8) is 0 Å². The zero-order valence-corrected chi connectivity index (χ0v) is 14.5. The molecule has 0 saturated carbocycles. The Morgan fingerprint density at radius 2 is 1.92 bits per heavy atom. The van der Waals surface area contributed by atoms with Gasteiger partial charge in [0.15, 0.2) is 0 Å². The Balaban J connectivity index is 1.48. The molecule has 0 bridgehead atoms. The van der Waals surface area contributed by atoms with E-state index in [9.17, 15) is 0 Å². The molecule has 0 aliphatic carbocycles. The quantitative estimate of drug-likeness (QED) is 0.726. The Morgan fingerprint density at radius 3 is 2.71 bits per heavy atom. The average molecular weight is 343 g/mol. The highest BCUT2D eigenvalue weighted by atomic mass is 35.5. The van der Waals surface area contributed by atoms with E-state index in [1.165, 1.54) is 5.69 Å². The summed E-state index contributed by atoms with van der Waals surface area (Å²) < 4.78 is 7.94. The lowest BCUT2D eigenvalue weighted by Crippen LogP contribution is -2.33. The van der Waals surface area contributed by atoms with E-state index >= 15 is 0 Å². The predicted octanol–water partition coefficient (Wildman–Crippen LogP) is 3.82. The highest BCUT2D eigenvalue weighted by Gasteiger charge is 2.21. The lowest BCUT2D eigenvalue weighted by Gasteiger charge is -2.27. The molecule has 5 nitrogen and oxygen atoms in total. The first kappa shape index (κ1) is 15.4. The number of hydrogen-bond donors (Lipinski definition) is 0. The number of oxazole rings is 1. The second-order valence-electron chi connectivity index (χ2n) is 6.21. The smallest absolute Gasteiger partial charge is 0.226 e. The second kappa shape index (κ2) is 6.07. The molecule has 0 fully saturated rings. The first-order valence-electron chi connectivity index (χ1n) is 8.05. The van der Waals surface area contributed by atoms with Crippen molar-refractivity contribution in [2.45, 2.75) is 33.5 Å². The van der Waals surface area contributed by atoms with Gasteiger partial charge in [-0.25, -0.2) is 9.97 Å². The number of hydrogen-bond acceptors (Lipinski definition) is 4. The summed E-state index contributed by atoms with van der Waals surface area (Å²) in [6.45, 7) is 7.79. The molecule has 1 aromatic carbocycles. The van der Waals surface area contributed by atoms with Crippen LogP contribution in [-0.2, 0) is 19.6 Å². The molecule has 4 rings (SSSR count). The number of nitrogens with zero attached hydrogens (tertiary/aromatic N) is 4. The molecule has 0 spiro atoms. The van der Waals surface area contributed by atoms with Crippen LogP contribution in [0.1, 0.15) is 22.9 Å². The van der Waals surface area contributed by atoms with Crippen molar-refractivity contribution in [3.8, 4) is 11.5 Å². The van der Waals surface area contributed by atoms with Crippen LogP contribution in [-0.4, -0.2) is 26.0 Å². The molecule has 24 heavy (non-hydrogen) atoms. The van der Waals surface area contributed by atoms with E-state index in [-0.39, 0.29) is 0 Å². The lowest BCUT2D eigenvalue weighted by molar-refractivity contribution is 0.205. The van der Waals surface area contributed by atoms with Crippen LogP contribution in [0.25, 0.3) is 11.5 Å². The van der Waals surface area contributed by atoms with Gasteiger partial charge in [0, 0.05) is 35.9 Å². The standard InChI is InChI=1S/C18H19ClN4O/c1-12-13(2)23-8-7-22(10-17(23)20-12)9-16-11-24-18(21-16)14-3-5-15(19)6-4-14/h3-6,11H,7-10H2,1-2H3. The monoisotopic (exact) mass is 342 g/mol. The minimum absolute atomic E-state index is 0.631. The third-order valence-corrected chi connectivity index (χ3v) is 4.82. The fourth-order valence-corrected chi connectivity index (χ4v) is 3.26. The van der Waals surface area contributed by atoms with Crippen LogP contribution in [0.15, 0.2) is 34.9 Å². The average Bonchev–Trinajstić information content (AvgIpc) is 3.14. The molecule has 0 saturated heterocycles. The minimum atomic E-state index is 0.631. The molecule has 0 unspecified atom stereocenters. The van der Waals surface area contributed by atoms with Crippen molar-refractivity contribution in [2.75, 3.05) is 6.54 Å². The van der Waals surface area contributed by atoms with Gasteiger partial charge in [-0.1, -0.05) is 11.6 Å². The largest absolute Gasteiger partial charge is 0.444 e. The number of fused-ring (bicyclic) bond motifs is 1. The lowest BCUT2D eigenvalue weighted by atomic mass is 10.2. The first-order chi connectivity index (χ1) is 11.6. The van der Waals surface area contributed by atoms with Gasteiger partial charge < -0.3 is 8.98 Å². The summed E-state index contributed by atoms with van der Waals surface area (Å²) in [6.07, 6.45) is 1.74. The van der Waals surface area contributed by atoms with Crippen molar-refractivity contribution in [1.29, 1.82) is 0 Å². The summed E-state index contributed by atoms with van der Waals surface area (Å²) in [5, 5.41) is 0.708. The number of halogens is 1. The summed E-state index contributed by atoms with van der Waals surface area (Å²) in [5.74, 6) is 1.77. The van der Waals surface area contributed by atoms with Crippen molar-refractivity contribution in [2.24, 2.45) is 0 Å². The van der Waals surface area contributed by atoms with E-state index in [0.29, 0.717) is 10.9 Å². The Bertz CT molecular complexity index is 866. The first-order valence-corrected chi connectivity index (χ1v) is 8.43. The molecule has 2 aromatic heterocycles. The van der Waals surface area contributed by atoms with E-state index < -0.39 is 0 Å². The molecule has 0 atom stereocenters. The molecule has 3 aromatic rings. The minimum Gasteiger partial charge on any atom is -0.444 e. The predicted molar refractivity (Wildman–Crippen MR) is 92.8 cm³/mol. The molecular weight excluding hydrogens is 324 g/mol. The molecule has 0 radical (unpaired) electrons. The number of imidazole rings is 1. The summed E-state index contributed by atoms with van der Waals surface area (Å²) >= 11 is 5.92. The molecule has 1 aliphatic rings. The maximum absolute atomic E-state index is 5.92. The van der Waals surface area contributed by atoms with Crippen molar-refractivity contribution in [1.82, 2.24) is 19.4 Å². The van der Waals surface area contributed by atoms with Gasteiger partial charge in [0.25, 0.3) is 0 Å². The number of benzene rings is 1. The van der Waals surface area contributed by atoms with Crippen LogP contribution < -0.4 is 0 Å². The van der Waals surface area contributed by atoms with E-state index in [0.717, 1.165) is 49.0 Å². The van der Waals surface area contributed by atoms with Gasteiger partial charge in [-0.2, -0.15) is 0 Å². The normalized spacial score (nSPS) is 14.8. The molecule has 6 heteroatoms. The van der Waals surface area contributed by atoms with Crippen LogP contribution in [0.5, 0.6) is 0 Å². The molecular formula is C18H19ClN4O. The Hall–Kier alpha value is -2.11. The van der Waals surface area contributed by atoms with Gasteiger partial charge in [-0.15, -0.1) is 0 Å². The van der Waals surface area contributed by atoms with E-state index in [2.05, 4.69) is 33.3 Å². The maximum atomic E-state index is 5.92. The van der Waals surface area contributed by atoms with Crippen molar-refractivity contribution >= 4 is 11.6 Å². The summed E-state index contributed by atoms with van der Waals surface area (Å²) in [4.78, 5) is 11.6. The number of aryl methyl sites for hydroxylation is 1. The Morgan fingerprint density at radius 1 is 1.12 bits per heavy atom. The van der Waals surface area contributed by atoms with Gasteiger partial charge in [-0.05, 0) is 38.1 Å². The Kier molecular flexibility index (Phi) is 3.90. The van der Waals surface area contributed by atoms with E-state index in [1.807, 2.05) is 24.3 Å². The van der Waals surface area contributed by atoms with Crippen molar-refractivity contribution < 1.29 is 4.42 Å². The van der Waals surface area contributed by atoms with Gasteiger partial charge in [0.2, 0.25) is 5.89 Å². The SMILES string of the molecule is Cc1nc2n(c1C)CCN(Cc1coc(-c3ccc(Cl)cc3)n1)C2. The fraction of sp³-hybridized carbons (Fsp3) is 0.333. The molecule has 0 amide bonds. The highest BCUT2D eigenvalue weighted by molar-refractivity contribution is 6.30. The maximum Gasteiger partial charge on any atom is 0.226 e. The van der Waals surface area contributed by atoms with Gasteiger partial charge in [0.05, 0.1) is 17.9 Å². The van der Waals surface area contributed by atoms with Crippen LogP contribution in [0.4, 0.5) is 0 Å². The number of rotatable bonds is 3.